The summed E-state index contributed by atoms with van der Waals surface area (Å²) in [6, 6.07) is 10.2. The van der Waals surface area contributed by atoms with Crippen molar-refractivity contribution in [2.45, 2.75) is 33.5 Å². The smallest absolute Gasteiger partial charge is 0.242 e. The Bertz CT molecular complexity index is 625. The van der Waals surface area contributed by atoms with Gasteiger partial charge >= 0.3 is 0 Å². The Morgan fingerprint density at radius 1 is 1.15 bits per heavy atom. The Morgan fingerprint density at radius 3 is 2.45 bits per heavy atom. The number of hydrogen-bond donors (Lipinski definition) is 0. The van der Waals surface area contributed by atoms with Gasteiger partial charge in [0.25, 0.3) is 0 Å². The fraction of sp³-hybridized carbons (Fsp3) is 0.312. The third kappa shape index (κ3) is 3.80. The van der Waals surface area contributed by atoms with Gasteiger partial charge in [-0.3, -0.25) is 0 Å². The molecule has 0 unspecified atom stereocenters. The molecule has 0 bridgehead atoms. The molecule has 2 rings (SSSR count). The SMILES string of the molecule is CC(=Nc1ccccc1O[Si](C)(C)C)c1sccc1C. The second-order valence-electron chi connectivity index (χ2n) is 5.81. The van der Waals surface area contributed by atoms with E-state index >= 15 is 0 Å². The van der Waals surface area contributed by atoms with Gasteiger partial charge in [-0.1, -0.05) is 12.1 Å². The van der Waals surface area contributed by atoms with Crippen LogP contribution in [0.4, 0.5) is 5.69 Å². The standard InChI is InChI=1S/C16H21NOSSi/c1-12-10-11-19-16(12)13(2)17-14-8-6-7-9-15(14)18-20(3,4)5/h6-11H,1-5H3. The number of thiophene rings is 1. The molecule has 0 amide bonds. The van der Waals surface area contributed by atoms with Crippen molar-refractivity contribution in [3.8, 4) is 5.75 Å². The maximum absolute atomic E-state index is 6.12. The van der Waals surface area contributed by atoms with Gasteiger partial charge < -0.3 is 4.43 Å². The molecule has 0 N–H and O–H groups in total. The lowest BCUT2D eigenvalue weighted by Gasteiger charge is -2.20. The predicted molar refractivity (Wildman–Crippen MR) is 91.3 cm³/mol. The molecule has 1 heterocycles. The minimum Gasteiger partial charge on any atom is -0.543 e. The largest absolute Gasteiger partial charge is 0.543 e. The third-order valence-electron chi connectivity index (χ3n) is 2.76. The molecular weight excluding hydrogens is 282 g/mol. The minimum atomic E-state index is -1.62. The van der Waals surface area contributed by atoms with E-state index in [2.05, 4.69) is 44.9 Å². The maximum atomic E-state index is 6.12. The van der Waals surface area contributed by atoms with E-state index in [9.17, 15) is 0 Å². The average molecular weight is 304 g/mol. The van der Waals surface area contributed by atoms with Crippen molar-refractivity contribution in [3.63, 3.8) is 0 Å². The molecule has 2 nitrogen and oxygen atoms in total. The number of aryl methyl sites for hydroxylation is 1. The highest BCUT2D eigenvalue weighted by Crippen LogP contribution is 2.30. The van der Waals surface area contributed by atoms with Crippen molar-refractivity contribution in [1.29, 1.82) is 0 Å². The number of rotatable bonds is 4. The van der Waals surface area contributed by atoms with Crippen LogP contribution in [0.5, 0.6) is 5.75 Å². The Morgan fingerprint density at radius 2 is 1.85 bits per heavy atom. The van der Waals surface area contributed by atoms with E-state index in [0.29, 0.717) is 0 Å². The molecular formula is C16H21NOSSi. The Kier molecular flexibility index (Phi) is 4.45. The lowest BCUT2D eigenvalue weighted by atomic mass is 10.2. The monoisotopic (exact) mass is 303 g/mol. The summed E-state index contributed by atoms with van der Waals surface area (Å²) in [7, 11) is -1.62. The van der Waals surface area contributed by atoms with E-state index in [1.165, 1.54) is 10.4 Å². The minimum absolute atomic E-state index is 0.889. The maximum Gasteiger partial charge on any atom is 0.242 e. The van der Waals surface area contributed by atoms with E-state index < -0.39 is 8.32 Å². The van der Waals surface area contributed by atoms with Crippen LogP contribution in [-0.4, -0.2) is 14.0 Å². The third-order valence-corrected chi connectivity index (χ3v) is 4.72. The zero-order chi connectivity index (χ0) is 14.8. The molecule has 20 heavy (non-hydrogen) atoms. The van der Waals surface area contributed by atoms with E-state index in [0.717, 1.165) is 17.1 Å². The van der Waals surface area contributed by atoms with Gasteiger partial charge in [0.1, 0.15) is 11.4 Å². The lowest BCUT2D eigenvalue weighted by Crippen LogP contribution is -2.29. The van der Waals surface area contributed by atoms with Gasteiger partial charge in [0.2, 0.25) is 8.32 Å². The summed E-state index contributed by atoms with van der Waals surface area (Å²) in [4.78, 5) is 6.01. The molecule has 0 aliphatic carbocycles. The van der Waals surface area contributed by atoms with Gasteiger partial charge in [0.15, 0.2) is 0 Å². The zero-order valence-corrected chi connectivity index (χ0v) is 14.5. The zero-order valence-electron chi connectivity index (χ0n) is 12.7. The van der Waals surface area contributed by atoms with E-state index in [1.807, 2.05) is 24.3 Å². The van der Waals surface area contributed by atoms with Crippen LogP contribution in [0.15, 0.2) is 40.7 Å². The van der Waals surface area contributed by atoms with Crippen LogP contribution in [0.2, 0.25) is 19.6 Å². The van der Waals surface area contributed by atoms with E-state index in [4.69, 9.17) is 9.42 Å². The molecule has 106 valence electrons. The summed E-state index contributed by atoms with van der Waals surface area (Å²) in [5.74, 6) is 0.889. The van der Waals surface area contributed by atoms with Crippen molar-refractivity contribution >= 4 is 31.1 Å². The summed E-state index contributed by atoms with van der Waals surface area (Å²) < 4.78 is 6.12. The number of benzene rings is 1. The van der Waals surface area contributed by atoms with Crippen LogP contribution in [0.25, 0.3) is 0 Å². The van der Waals surface area contributed by atoms with E-state index in [-0.39, 0.29) is 0 Å². The second-order valence-corrected chi connectivity index (χ2v) is 11.2. The van der Waals surface area contributed by atoms with Gasteiger partial charge in [-0.05, 0) is 62.6 Å². The normalized spacial score (nSPS) is 12.6. The van der Waals surface area contributed by atoms with Gasteiger partial charge in [0, 0.05) is 0 Å². The van der Waals surface area contributed by atoms with Crippen LogP contribution < -0.4 is 4.43 Å². The van der Waals surface area contributed by atoms with Crippen molar-refractivity contribution in [3.05, 3.63) is 46.2 Å². The first kappa shape index (κ1) is 15.0. The first-order chi connectivity index (χ1) is 9.37. The second kappa shape index (κ2) is 5.93. The van der Waals surface area contributed by atoms with Gasteiger partial charge in [-0.2, -0.15) is 0 Å². The number of aliphatic imine (C=N–C) groups is 1. The Labute approximate surface area is 126 Å². The van der Waals surface area contributed by atoms with Gasteiger partial charge in [-0.15, -0.1) is 11.3 Å². The molecule has 1 aromatic carbocycles. The van der Waals surface area contributed by atoms with E-state index in [1.54, 1.807) is 11.3 Å². The van der Waals surface area contributed by atoms with Crippen LogP contribution in [0.1, 0.15) is 17.4 Å². The molecule has 0 saturated heterocycles. The van der Waals surface area contributed by atoms with Crippen LogP contribution in [0.3, 0.4) is 0 Å². The number of hydrogen-bond acceptors (Lipinski definition) is 3. The predicted octanol–water partition coefficient (Wildman–Crippen LogP) is 5.41. The Hall–Kier alpha value is -1.39. The highest BCUT2D eigenvalue weighted by Gasteiger charge is 2.18. The van der Waals surface area contributed by atoms with Crippen LogP contribution >= 0.6 is 11.3 Å². The molecule has 0 aliphatic heterocycles. The summed E-state index contributed by atoms with van der Waals surface area (Å²) in [6.07, 6.45) is 0. The highest BCUT2D eigenvalue weighted by atomic mass is 32.1. The van der Waals surface area contributed by atoms with Crippen LogP contribution in [0, 0.1) is 6.92 Å². The molecule has 0 spiro atoms. The lowest BCUT2D eigenvalue weighted by molar-refractivity contribution is 0.559. The number of nitrogens with zero attached hydrogens (tertiary/aromatic N) is 1. The van der Waals surface area contributed by atoms with Crippen molar-refractivity contribution in [2.75, 3.05) is 0 Å². The average Bonchev–Trinajstić information content (AvgIpc) is 2.76. The Balaban J connectivity index is 2.36. The first-order valence-electron chi connectivity index (χ1n) is 6.74. The molecule has 1 aromatic heterocycles. The molecule has 0 saturated carbocycles. The fourth-order valence-corrected chi connectivity index (χ4v) is 3.65. The molecule has 0 atom stereocenters. The molecule has 2 aromatic rings. The molecule has 0 aliphatic rings. The molecule has 0 radical (unpaired) electrons. The highest BCUT2D eigenvalue weighted by molar-refractivity contribution is 7.12. The summed E-state index contributed by atoms with van der Waals surface area (Å²) in [5.41, 5.74) is 3.24. The van der Waals surface area contributed by atoms with Gasteiger partial charge in [-0.25, -0.2) is 4.99 Å². The molecule has 0 fully saturated rings. The quantitative estimate of drug-likeness (QED) is 0.546. The fourth-order valence-electron chi connectivity index (χ4n) is 1.94. The topological polar surface area (TPSA) is 21.6 Å². The first-order valence-corrected chi connectivity index (χ1v) is 11.0. The van der Waals surface area contributed by atoms with Crippen molar-refractivity contribution in [1.82, 2.24) is 0 Å². The number of para-hydroxylation sites is 2. The van der Waals surface area contributed by atoms with Crippen molar-refractivity contribution in [2.24, 2.45) is 4.99 Å². The summed E-state index contributed by atoms with van der Waals surface area (Å²) in [6.45, 7) is 10.7. The molecule has 4 heteroatoms. The van der Waals surface area contributed by atoms with Gasteiger partial charge in [0.05, 0.1) is 10.6 Å². The van der Waals surface area contributed by atoms with Crippen LogP contribution in [-0.2, 0) is 0 Å². The summed E-state index contributed by atoms with van der Waals surface area (Å²) >= 11 is 1.73. The summed E-state index contributed by atoms with van der Waals surface area (Å²) in [5, 5.41) is 2.11. The van der Waals surface area contributed by atoms with Crippen molar-refractivity contribution < 1.29 is 4.43 Å².